The first kappa shape index (κ1) is 13.5. The van der Waals surface area contributed by atoms with Gasteiger partial charge in [-0.1, -0.05) is 48.1 Å². The molecule has 0 radical (unpaired) electrons. The highest BCUT2D eigenvalue weighted by Crippen LogP contribution is 2.50. The van der Waals surface area contributed by atoms with Crippen LogP contribution in [-0.4, -0.2) is 16.1 Å². The standard InChI is InChI=1S/C14H14ClN3OS/c1-2-12-17-18-14(20-12)16-13(19)10-7-9(10)8-5-3-4-6-11(8)15/h3-6,9-10H,2,7H2,1H3,(H,16,18,19). The zero-order valence-corrected chi connectivity index (χ0v) is 12.5. The van der Waals surface area contributed by atoms with Gasteiger partial charge >= 0.3 is 0 Å². The molecule has 0 spiro atoms. The molecule has 1 fully saturated rings. The highest BCUT2D eigenvalue weighted by molar-refractivity contribution is 7.15. The molecule has 1 aromatic carbocycles. The van der Waals surface area contributed by atoms with Gasteiger partial charge in [0.25, 0.3) is 0 Å². The van der Waals surface area contributed by atoms with Crippen LogP contribution in [0, 0.1) is 5.92 Å². The summed E-state index contributed by atoms with van der Waals surface area (Å²) in [4.78, 5) is 12.2. The molecule has 1 N–H and O–H groups in total. The molecule has 2 unspecified atom stereocenters. The molecule has 1 aliphatic rings. The van der Waals surface area contributed by atoms with Gasteiger partial charge in [-0.15, -0.1) is 10.2 Å². The Bertz CT molecular complexity index is 643. The molecule has 20 heavy (non-hydrogen) atoms. The number of carbonyl (C=O) groups is 1. The van der Waals surface area contributed by atoms with E-state index in [0.717, 1.165) is 28.4 Å². The average molecular weight is 308 g/mol. The van der Waals surface area contributed by atoms with Crippen molar-refractivity contribution in [1.82, 2.24) is 10.2 Å². The molecule has 0 aliphatic heterocycles. The first-order valence-electron chi connectivity index (χ1n) is 6.56. The number of nitrogens with one attached hydrogen (secondary N) is 1. The number of hydrogen-bond acceptors (Lipinski definition) is 4. The lowest BCUT2D eigenvalue weighted by Gasteiger charge is -2.03. The molecular formula is C14H14ClN3OS. The maximum absolute atomic E-state index is 12.2. The number of rotatable bonds is 4. The Morgan fingerprint density at radius 1 is 1.45 bits per heavy atom. The third-order valence-corrected chi connectivity index (χ3v) is 4.76. The number of benzene rings is 1. The van der Waals surface area contributed by atoms with Gasteiger partial charge in [0.05, 0.1) is 0 Å². The summed E-state index contributed by atoms with van der Waals surface area (Å²) in [6.45, 7) is 2.01. The van der Waals surface area contributed by atoms with Crippen LogP contribution in [0.15, 0.2) is 24.3 Å². The van der Waals surface area contributed by atoms with Crippen molar-refractivity contribution in [2.45, 2.75) is 25.7 Å². The van der Waals surface area contributed by atoms with Crippen LogP contribution in [0.3, 0.4) is 0 Å². The van der Waals surface area contributed by atoms with E-state index in [1.54, 1.807) is 0 Å². The van der Waals surface area contributed by atoms with E-state index in [0.29, 0.717) is 5.13 Å². The van der Waals surface area contributed by atoms with Crippen molar-refractivity contribution in [2.75, 3.05) is 5.32 Å². The van der Waals surface area contributed by atoms with Crippen molar-refractivity contribution in [2.24, 2.45) is 5.92 Å². The topological polar surface area (TPSA) is 54.9 Å². The van der Waals surface area contributed by atoms with Crippen LogP contribution in [0.25, 0.3) is 0 Å². The molecule has 0 bridgehead atoms. The van der Waals surface area contributed by atoms with Crippen LogP contribution in [0.4, 0.5) is 5.13 Å². The Labute approximate surface area is 126 Å². The number of carbonyl (C=O) groups excluding carboxylic acids is 1. The molecule has 104 valence electrons. The van der Waals surface area contributed by atoms with Crippen molar-refractivity contribution in [3.63, 3.8) is 0 Å². The van der Waals surface area contributed by atoms with Crippen molar-refractivity contribution >= 4 is 34.0 Å². The number of anilines is 1. The van der Waals surface area contributed by atoms with E-state index in [1.807, 2.05) is 31.2 Å². The molecule has 2 aromatic rings. The second-order valence-electron chi connectivity index (χ2n) is 4.81. The van der Waals surface area contributed by atoms with Gasteiger partial charge in [0, 0.05) is 10.9 Å². The normalized spacial score (nSPS) is 20.7. The second-order valence-corrected chi connectivity index (χ2v) is 6.28. The molecule has 1 saturated carbocycles. The summed E-state index contributed by atoms with van der Waals surface area (Å²) >= 11 is 7.59. The maximum atomic E-state index is 12.2. The molecule has 4 nitrogen and oxygen atoms in total. The van der Waals surface area contributed by atoms with Crippen LogP contribution in [0.5, 0.6) is 0 Å². The fourth-order valence-electron chi connectivity index (χ4n) is 2.25. The number of nitrogens with zero attached hydrogens (tertiary/aromatic N) is 2. The first-order chi connectivity index (χ1) is 9.69. The lowest BCUT2D eigenvalue weighted by atomic mass is 10.1. The zero-order chi connectivity index (χ0) is 14.1. The van der Waals surface area contributed by atoms with Gasteiger partial charge in [-0.25, -0.2) is 0 Å². The van der Waals surface area contributed by atoms with E-state index < -0.39 is 0 Å². The number of amides is 1. The molecule has 6 heteroatoms. The summed E-state index contributed by atoms with van der Waals surface area (Å²) in [5.74, 6) is 0.222. The molecule has 2 atom stereocenters. The van der Waals surface area contributed by atoms with Crippen LogP contribution in [-0.2, 0) is 11.2 Å². The van der Waals surface area contributed by atoms with Gasteiger partial charge in [0.2, 0.25) is 11.0 Å². The van der Waals surface area contributed by atoms with Gasteiger partial charge in [-0.05, 0) is 30.4 Å². The molecule has 1 aliphatic carbocycles. The van der Waals surface area contributed by atoms with Crippen molar-refractivity contribution in [1.29, 1.82) is 0 Å². The zero-order valence-electron chi connectivity index (χ0n) is 11.0. The summed E-state index contributed by atoms with van der Waals surface area (Å²) in [6.07, 6.45) is 1.67. The molecule has 1 amide bonds. The van der Waals surface area contributed by atoms with Crippen LogP contribution < -0.4 is 5.32 Å². The van der Waals surface area contributed by atoms with Crippen LogP contribution in [0.1, 0.15) is 29.8 Å². The highest BCUT2D eigenvalue weighted by Gasteiger charge is 2.45. The third-order valence-electron chi connectivity index (χ3n) is 3.43. The monoisotopic (exact) mass is 307 g/mol. The van der Waals surface area contributed by atoms with Gasteiger partial charge in [0.15, 0.2) is 0 Å². The van der Waals surface area contributed by atoms with Gasteiger partial charge < -0.3 is 5.32 Å². The summed E-state index contributed by atoms with van der Waals surface area (Å²) in [6, 6.07) is 7.70. The molecule has 1 aromatic heterocycles. The largest absolute Gasteiger partial charge is 0.300 e. The predicted octanol–water partition coefficient (Wildman–Crippen LogP) is 3.50. The fraction of sp³-hybridized carbons (Fsp3) is 0.357. The van der Waals surface area contributed by atoms with Crippen molar-refractivity contribution in [3.05, 3.63) is 39.9 Å². The minimum absolute atomic E-state index is 0.00808. The second kappa shape index (κ2) is 5.50. The number of aryl methyl sites for hydroxylation is 1. The summed E-state index contributed by atoms with van der Waals surface area (Å²) in [5, 5.41) is 13.0. The van der Waals surface area contributed by atoms with Crippen molar-refractivity contribution < 1.29 is 4.79 Å². The van der Waals surface area contributed by atoms with E-state index in [4.69, 9.17) is 11.6 Å². The van der Waals surface area contributed by atoms with E-state index in [2.05, 4.69) is 15.5 Å². The highest BCUT2D eigenvalue weighted by atomic mass is 35.5. The maximum Gasteiger partial charge on any atom is 0.229 e. The quantitative estimate of drug-likeness (QED) is 0.940. The average Bonchev–Trinajstić information content (AvgIpc) is 3.12. The number of halogens is 1. The SMILES string of the molecule is CCc1nnc(NC(=O)C2CC2c2ccccc2Cl)s1. The fourth-order valence-corrected chi connectivity index (χ4v) is 3.21. The minimum Gasteiger partial charge on any atom is -0.300 e. The molecule has 3 rings (SSSR count). The van der Waals surface area contributed by atoms with E-state index in [1.165, 1.54) is 11.3 Å². The Kier molecular flexibility index (Phi) is 3.72. The smallest absolute Gasteiger partial charge is 0.229 e. The molecule has 1 heterocycles. The molecular weight excluding hydrogens is 294 g/mol. The van der Waals surface area contributed by atoms with Crippen molar-refractivity contribution in [3.8, 4) is 0 Å². The Morgan fingerprint density at radius 2 is 2.25 bits per heavy atom. The summed E-state index contributed by atoms with van der Waals surface area (Å²) < 4.78 is 0. The van der Waals surface area contributed by atoms with Crippen LogP contribution >= 0.6 is 22.9 Å². The number of hydrogen-bond donors (Lipinski definition) is 1. The van der Waals surface area contributed by atoms with Gasteiger partial charge in [-0.2, -0.15) is 0 Å². The molecule has 0 saturated heterocycles. The van der Waals surface area contributed by atoms with E-state index in [-0.39, 0.29) is 17.7 Å². The van der Waals surface area contributed by atoms with E-state index in [9.17, 15) is 4.79 Å². The van der Waals surface area contributed by atoms with Gasteiger partial charge in [-0.3, -0.25) is 4.79 Å². The number of aromatic nitrogens is 2. The van der Waals surface area contributed by atoms with Crippen LogP contribution in [0.2, 0.25) is 5.02 Å². The minimum atomic E-state index is -0.0103. The predicted molar refractivity (Wildman–Crippen MR) is 80.2 cm³/mol. The Morgan fingerprint density at radius 3 is 2.95 bits per heavy atom. The van der Waals surface area contributed by atoms with Gasteiger partial charge in [0.1, 0.15) is 5.01 Å². The Hall–Kier alpha value is -1.46. The lowest BCUT2D eigenvalue weighted by molar-refractivity contribution is -0.117. The summed E-state index contributed by atoms with van der Waals surface area (Å²) in [5.41, 5.74) is 1.06. The third kappa shape index (κ3) is 2.69. The lowest BCUT2D eigenvalue weighted by Crippen LogP contribution is -2.14. The summed E-state index contributed by atoms with van der Waals surface area (Å²) in [7, 11) is 0. The Balaban J connectivity index is 1.64. The van der Waals surface area contributed by atoms with E-state index >= 15 is 0 Å². The first-order valence-corrected chi connectivity index (χ1v) is 7.76.